The molecule has 1 radical (unpaired) electrons. The van der Waals surface area contributed by atoms with Crippen LogP contribution in [0, 0.1) is 24.8 Å². The first-order valence-electron chi connectivity index (χ1n) is 13.5. The maximum Gasteiger partial charge on any atom is 0.162 e. The van der Waals surface area contributed by atoms with Gasteiger partial charge in [-0.15, -0.1) is 29.5 Å². The number of aryl methyl sites for hydroxylation is 1. The van der Waals surface area contributed by atoms with Crippen LogP contribution in [0.15, 0.2) is 70.3 Å². The standard InChI is InChI=1S/C20H12NOS.C13H24O2.Ir/c1-12-5-8-17(21-11-12)16-4-2-3-14-15-7-6-13-9-10-23-20(13)19(15)22-18(14)16;1-5-10(6-2)12(14)9-13(15)11(7-3)8-4;/h2-3,5-11H,1H3;9-11,14H,5-8H2,1-4H3;/q-1;;/b;12-9-;. The van der Waals surface area contributed by atoms with Crippen LogP contribution in [0.5, 0.6) is 0 Å². The monoisotopic (exact) mass is 719 g/mol. The molecular formula is C33H36IrNO3S-. The van der Waals surface area contributed by atoms with Crippen molar-refractivity contribution in [1.82, 2.24) is 4.98 Å². The third-order valence-electron chi connectivity index (χ3n) is 7.27. The summed E-state index contributed by atoms with van der Waals surface area (Å²) in [4.78, 5) is 16.2. The van der Waals surface area contributed by atoms with Crippen molar-refractivity contribution in [3.8, 4) is 11.3 Å². The van der Waals surface area contributed by atoms with E-state index in [4.69, 9.17) is 4.42 Å². The Kier molecular flexibility index (Phi) is 11.1. The molecule has 0 saturated heterocycles. The van der Waals surface area contributed by atoms with Gasteiger partial charge in [-0.3, -0.25) is 4.79 Å². The molecule has 1 N–H and O–H groups in total. The SMILES string of the molecule is CCC(CC)C(=O)/C=C(\O)C(CC)CC.Cc1ccc(-c2[c-]ccc3c2oc2c3ccc3ccsc32)nc1.[Ir]. The van der Waals surface area contributed by atoms with Crippen LogP contribution < -0.4 is 0 Å². The second-order valence-electron chi connectivity index (χ2n) is 9.70. The van der Waals surface area contributed by atoms with E-state index in [9.17, 15) is 9.90 Å². The molecule has 0 atom stereocenters. The quantitative estimate of drug-likeness (QED) is 0.0986. The fraction of sp³-hybridized carbons (Fsp3) is 0.333. The first kappa shape index (κ1) is 30.7. The van der Waals surface area contributed by atoms with E-state index in [0.29, 0.717) is 0 Å². The summed E-state index contributed by atoms with van der Waals surface area (Å²) in [6, 6.07) is 17.8. The second kappa shape index (κ2) is 14.0. The molecule has 207 valence electrons. The largest absolute Gasteiger partial charge is 0.512 e. The van der Waals surface area contributed by atoms with Gasteiger partial charge in [0.15, 0.2) is 5.78 Å². The number of nitrogens with zero attached hydrogens (tertiary/aromatic N) is 1. The minimum absolute atomic E-state index is 0. The van der Waals surface area contributed by atoms with Gasteiger partial charge in [-0.25, -0.2) is 0 Å². The number of aliphatic hydroxyl groups excluding tert-OH is 1. The van der Waals surface area contributed by atoms with Crippen molar-refractivity contribution in [2.24, 2.45) is 11.8 Å². The Bertz CT molecular complexity index is 1560. The molecule has 0 saturated carbocycles. The third-order valence-corrected chi connectivity index (χ3v) is 8.20. The Hall–Kier alpha value is -2.79. The molecular weight excluding hydrogens is 683 g/mol. The molecule has 0 spiro atoms. The van der Waals surface area contributed by atoms with Crippen LogP contribution >= 0.6 is 11.3 Å². The summed E-state index contributed by atoms with van der Waals surface area (Å²) in [7, 11) is 0. The molecule has 4 nitrogen and oxygen atoms in total. The van der Waals surface area contributed by atoms with Gasteiger partial charge in [0.25, 0.3) is 0 Å². The van der Waals surface area contributed by atoms with E-state index in [-0.39, 0.29) is 43.5 Å². The number of aromatic nitrogens is 1. The van der Waals surface area contributed by atoms with E-state index in [1.54, 1.807) is 11.3 Å². The van der Waals surface area contributed by atoms with Crippen molar-refractivity contribution in [2.75, 3.05) is 0 Å². The van der Waals surface area contributed by atoms with Crippen LogP contribution in [0.3, 0.4) is 0 Å². The van der Waals surface area contributed by atoms with Crippen LogP contribution in [0.4, 0.5) is 0 Å². The van der Waals surface area contributed by atoms with Crippen molar-refractivity contribution in [3.05, 3.63) is 77.5 Å². The fourth-order valence-electron chi connectivity index (χ4n) is 4.81. The Morgan fingerprint density at radius 3 is 2.31 bits per heavy atom. The number of furan rings is 1. The van der Waals surface area contributed by atoms with E-state index >= 15 is 0 Å². The Morgan fingerprint density at radius 1 is 0.974 bits per heavy atom. The van der Waals surface area contributed by atoms with Crippen LogP contribution in [0.2, 0.25) is 0 Å². The van der Waals surface area contributed by atoms with Crippen molar-refractivity contribution in [1.29, 1.82) is 0 Å². The van der Waals surface area contributed by atoms with E-state index in [0.717, 1.165) is 64.4 Å². The van der Waals surface area contributed by atoms with Gasteiger partial charge in [-0.05, 0) is 60.7 Å². The minimum atomic E-state index is 0. The summed E-state index contributed by atoms with van der Waals surface area (Å²) in [5.74, 6) is 0.547. The first-order chi connectivity index (χ1) is 18.4. The molecule has 0 aliphatic heterocycles. The topological polar surface area (TPSA) is 63.3 Å². The van der Waals surface area contributed by atoms with E-state index in [1.165, 1.54) is 16.2 Å². The van der Waals surface area contributed by atoms with Crippen LogP contribution in [-0.4, -0.2) is 15.9 Å². The van der Waals surface area contributed by atoms with Crippen molar-refractivity contribution < 1.29 is 34.4 Å². The van der Waals surface area contributed by atoms with Gasteiger partial charge in [0, 0.05) is 49.6 Å². The van der Waals surface area contributed by atoms with Crippen molar-refractivity contribution in [3.63, 3.8) is 0 Å². The number of thiophene rings is 1. The minimum Gasteiger partial charge on any atom is -0.512 e. The molecule has 2 aromatic carbocycles. The zero-order valence-electron chi connectivity index (χ0n) is 23.2. The summed E-state index contributed by atoms with van der Waals surface area (Å²) >= 11 is 1.72. The zero-order valence-corrected chi connectivity index (χ0v) is 26.4. The predicted molar refractivity (Wildman–Crippen MR) is 160 cm³/mol. The summed E-state index contributed by atoms with van der Waals surface area (Å²) in [6.07, 6.45) is 6.78. The third kappa shape index (κ3) is 6.69. The number of carbonyl (C=O) groups is 1. The number of hydrogen-bond acceptors (Lipinski definition) is 5. The number of carbonyl (C=O) groups excluding carboxylic acids is 1. The molecule has 0 bridgehead atoms. The molecule has 6 heteroatoms. The van der Waals surface area contributed by atoms with Crippen LogP contribution in [-0.2, 0) is 24.9 Å². The molecule has 0 fully saturated rings. The number of rotatable bonds is 8. The smallest absolute Gasteiger partial charge is 0.162 e. The molecule has 39 heavy (non-hydrogen) atoms. The van der Waals surface area contributed by atoms with Crippen molar-refractivity contribution >= 4 is 49.1 Å². The molecule has 0 aliphatic carbocycles. The number of ketones is 1. The Morgan fingerprint density at radius 2 is 1.67 bits per heavy atom. The number of hydrogen-bond donors (Lipinski definition) is 1. The van der Waals surface area contributed by atoms with Gasteiger partial charge < -0.3 is 14.5 Å². The number of fused-ring (bicyclic) bond motifs is 5. The van der Waals surface area contributed by atoms with Gasteiger partial charge in [0.2, 0.25) is 0 Å². The molecule has 0 unspecified atom stereocenters. The molecule has 3 aromatic heterocycles. The van der Waals surface area contributed by atoms with Gasteiger partial charge in [0.1, 0.15) is 5.58 Å². The van der Waals surface area contributed by atoms with Crippen molar-refractivity contribution in [2.45, 2.75) is 60.3 Å². The summed E-state index contributed by atoms with van der Waals surface area (Å²) < 4.78 is 7.47. The number of benzene rings is 2. The Labute approximate surface area is 248 Å². The van der Waals surface area contributed by atoms with Gasteiger partial charge in [0.05, 0.1) is 16.0 Å². The zero-order chi connectivity index (χ0) is 27.2. The molecule has 3 heterocycles. The summed E-state index contributed by atoms with van der Waals surface area (Å²) in [5.41, 5.74) is 4.78. The average molecular weight is 719 g/mol. The van der Waals surface area contributed by atoms with Gasteiger partial charge in [-0.1, -0.05) is 62.9 Å². The summed E-state index contributed by atoms with van der Waals surface area (Å²) in [5, 5.41) is 15.4. The Balaban J connectivity index is 0.000000233. The fourth-order valence-corrected chi connectivity index (χ4v) is 5.69. The van der Waals surface area contributed by atoms with Gasteiger partial charge >= 0.3 is 0 Å². The number of pyridine rings is 1. The second-order valence-corrected chi connectivity index (χ2v) is 10.6. The van der Waals surface area contributed by atoms with Crippen LogP contribution in [0.1, 0.15) is 58.9 Å². The van der Waals surface area contributed by atoms with E-state index in [1.807, 2.05) is 52.9 Å². The number of allylic oxidation sites excluding steroid dienone is 2. The molecule has 5 rings (SSSR count). The maximum atomic E-state index is 11.7. The van der Waals surface area contributed by atoms with E-state index in [2.05, 4.69) is 46.8 Å². The van der Waals surface area contributed by atoms with Gasteiger partial charge in [-0.2, -0.15) is 0 Å². The molecule has 0 aliphatic rings. The molecule has 0 amide bonds. The normalized spacial score (nSPS) is 11.7. The summed E-state index contributed by atoms with van der Waals surface area (Å²) in [6.45, 7) is 10.1. The van der Waals surface area contributed by atoms with E-state index < -0.39 is 0 Å². The average Bonchev–Trinajstić information content (AvgIpc) is 3.55. The number of aliphatic hydroxyl groups is 1. The van der Waals surface area contributed by atoms with Crippen LogP contribution in [0.25, 0.3) is 43.3 Å². The predicted octanol–water partition coefficient (Wildman–Crippen LogP) is 9.84. The molecule has 5 aromatic rings. The maximum absolute atomic E-state index is 11.7. The first-order valence-corrected chi connectivity index (χ1v) is 14.4.